The van der Waals surface area contributed by atoms with Crippen LogP contribution in [0.3, 0.4) is 0 Å². The number of benzene rings is 2. The van der Waals surface area contributed by atoms with Gasteiger partial charge in [0.2, 0.25) is 5.88 Å². The lowest BCUT2D eigenvalue weighted by Crippen LogP contribution is -2.39. The van der Waals surface area contributed by atoms with E-state index in [-0.39, 0.29) is 6.04 Å². The Balaban J connectivity index is 1.92. The number of hydrogen-bond acceptors (Lipinski definition) is 6. The normalized spacial score (nSPS) is 12.3. The van der Waals surface area contributed by atoms with E-state index in [4.69, 9.17) is 19.3 Å². The fraction of sp³-hybridized carbons (Fsp3) is 0.483. The molecule has 0 radical (unpaired) electrons. The lowest BCUT2D eigenvalue weighted by molar-refractivity contribution is 0.00841. The van der Waals surface area contributed by atoms with Gasteiger partial charge in [0, 0.05) is 25.7 Å². The van der Waals surface area contributed by atoms with Crippen LogP contribution in [0.5, 0.6) is 17.4 Å². The molecule has 2 aromatic carbocycles. The molecule has 0 bridgehead atoms. The van der Waals surface area contributed by atoms with Crippen LogP contribution in [-0.4, -0.2) is 58.8 Å². The van der Waals surface area contributed by atoms with E-state index in [0.717, 1.165) is 42.0 Å². The van der Waals surface area contributed by atoms with Crippen LogP contribution < -0.4 is 9.47 Å². The molecule has 0 amide bonds. The maximum absolute atomic E-state index is 10.7. The van der Waals surface area contributed by atoms with Crippen LogP contribution in [0.15, 0.2) is 54.6 Å². The van der Waals surface area contributed by atoms with Crippen LogP contribution in [-0.2, 0) is 17.7 Å². The third kappa shape index (κ3) is 7.56. The fourth-order valence-corrected chi connectivity index (χ4v) is 3.98. The first-order valence-electron chi connectivity index (χ1n) is 12.9. The van der Waals surface area contributed by atoms with Gasteiger partial charge in [-0.25, -0.2) is 4.68 Å². The summed E-state index contributed by atoms with van der Waals surface area (Å²) in [7, 11) is 1.65. The van der Waals surface area contributed by atoms with Crippen LogP contribution >= 0.6 is 0 Å². The molecule has 0 saturated heterocycles. The second-order valence-electron chi connectivity index (χ2n) is 9.21. The van der Waals surface area contributed by atoms with Crippen LogP contribution in [0, 0.1) is 0 Å². The topological polar surface area (TPSA) is 69.0 Å². The molecule has 0 saturated carbocycles. The number of aliphatic hydroxyl groups is 1. The van der Waals surface area contributed by atoms with Crippen molar-refractivity contribution in [3.8, 4) is 23.1 Å². The average molecular weight is 496 g/mol. The first kappa shape index (κ1) is 27.7. The molecule has 7 heteroatoms. The molecule has 1 aromatic heterocycles. The van der Waals surface area contributed by atoms with E-state index in [9.17, 15) is 5.11 Å². The predicted molar refractivity (Wildman–Crippen MR) is 143 cm³/mol. The van der Waals surface area contributed by atoms with Crippen molar-refractivity contribution in [2.24, 2.45) is 0 Å². The van der Waals surface area contributed by atoms with Gasteiger partial charge in [0.05, 0.1) is 36.8 Å². The summed E-state index contributed by atoms with van der Waals surface area (Å²) in [5, 5.41) is 15.6. The molecule has 1 N–H and O–H groups in total. The summed E-state index contributed by atoms with van der Waals surface area (Å²) >= 11 is 0. The molecule has 0 aliphatic rings. The quantitative estimate of drug-likeness (QED) is 0.276. The Morgan fingerprint density at radius 2 is 1.69 bits per heavy atom. The molecule has 7 nitrogen and oxygen atoms in total. The number of para-hydroxylation sites is 1. The molecule has 36 heavy (non-hydrogen) atoms. The lowest BCUT2D eigenvalue weighted by atomic mass is 10.1. The van der Waals surface area contributed by atoms with Crippen molar-refractivity contribution in [3.63, 3.8) is 0 Å². The molecule has 3 rings (SSSR count). The summed E-state index contributed by atoms with van der Waals surface area (Å²) in [6.45, 7) is 10.6. The summed E-state index contributed by atoms with van der Waals surface area (Å²) in [6.07, 6.45) is 2.29. The first-order valence-corrected chi connectivity index (χ1v) is 12.9. The van der Waals surface area contributed by atoms with Crippen LogP contribution in [0.1, 0.15) is 51.8 Å². The van der Waals surface area contributed by atoms with Gasteiger partial charge in [0.25, 0.3) is 0 Å². The highest BCUT2D eigenvalue weighted by atomic mass is 16.5. The molecule has 1 heterocycles. The molecule has 0 fully saturated rings. The van der Waals surface area contributed by atoms with Gasteiger partial charge < -0.3 is 19.3 Å². The summed E-state index contributed by atoms with van der Waals surface area (Å²) in [5.74, 6) is 2.16. The summed E-state index contributed by atoms with van der Waals surface area (Å²) in [6, 6.07) is 17.8. The van der Waals surface area contributed by atoms with Gasteiger partial charge in [0.1, 0.15) is 11.5 Å². The molecule has 0 aliphatic carbocycles. The highest BCUT2D eigenvalue weighted by Crippen LogP contribution is 2.33. The van der Waals surface area contributed by atoms with Gasteiger partial charge in [-0.3, -0.25) is 4.90 Å². The standard InChI is InChI=1S/C29H41N3O4/c1-6-8-18-35-21-24(33)19-31(22(3)4)20-27-28(7-2)30-32(23-12-10-9-11-13-23)29(27)36-26-16-14-25(34-5)15-17-26/h9-17,22,24,33H,6-8,18-21H2,1-5H3/t24-/m0/s1. The molecular formula is C29H41N3O4. The lowest BCUT2D eigenvalue weighted by Gasteiger charge is -2.29. The van der Waals surface area contributed by atoms with Crippen molar-refractivity contribution in [1.29, 1.82) is 0 Å². The maximum Gasteiger partial charge on any atom is 0.227 e. The zero-order chi connectivity index (χ0) is 25.9. The van der Waals surface area contributed by atoms with E-state index in [1.165, 1.54) is 0 Å². The minimum absolute atomic E-state index is 0.217. The Hall–Kier alpha value is -2.87. The SMILES string of the molecule is CCCCOC[C@@H](O)CN(Cc1c(CC)nn(-c2ccccc2)c1Oc1ccc(OC)cc1)C(C)C. The number of aromatic nitrogens is 2. The Morgan fingerprint density at radius 3 is 2.31 bits per heavy atom. The van der Waals surface area contributed by atoms with E-state index in [1.54, 1.807) is 7.11 Å². The van der Waals surface area contributed by atoms with Gasteiger partial charge in [-0.05, 0) is 63.1 Å². The van der Waals surface area contributed by atoms with Gasteiger partial charge in [0.15, 0.2) is 0 Å². The van der Waals surface area contributed by atoms with E-state index < -0.39 is 6.10 Å². The summed E-state index contributed by atoms with van der Waals surface area (Å²) in [5.41, 5.74) is 2.93. The molecule has 0 aliphatic heterocycles. The average Bonchev–Trinajstić information content (AvgIpc) is 3.24. The highest BCUT2D eigenvalue weighted by Gasteiger charge is 2.25. The number of aryl methyl sites for hydroxylation is 1. The number of unbranched alkanes of at least 4 members (excludes halogenated alkanes) is 1. The van der Waals surface area contributed by atoms with Gasteiger partial charge in [-0.15, -0.1) is 0 Å². The maximum atomic E-state index is 10.7. The van der Waals surface area contributed by atoms with Crippen LogP contribution in [0.25, 0.3) is 5.69 Å². The minimum Gasteiger partial charge on any atom is -0.497 e. The Morgan fingerprint density at radius 1 is 1.00 bits per heavy atom. The first-order chi connectivity index (χ1) is 17.5. The second kappa shape index (κ2) is 14.0. The predicted octanol–water partition coefficient (Wildman–Crippen LogP) is 5.62. The second-order valence-corrected chi connectivity index (χ2v) is 9.21. The van der Waals surface area contributed by atoms with E-state index in [1.807, 2.05) is 59.3 Å². The van der Waals surface area contributed by atoms with Gasteiger partial charge >= 0.3 is 0 Å². The Kier molecular flexibility index (Phi) is 10.8. The molecule has 0 spiro atoms. The van der Waals surface area contributed by atoms with Crippen molar-refractivity contribution in [2.75, 3.05) is 26.9 Å². The molecule has 196 valence electrons. The zero-order valence-corrected chi connectivity index (χ0v) is 22.3. The summed E-state index contributed by atoms with van der Waals surface area (Å²) in [4.78, 5) is 2.25. The molecule has 1 atom stereocenters. The van der Waals surface area contributed by atoms with Crippen molar-refractivity contribution >= 4 is 0 Å². The van der Waals surface area contributed by atoms with Crippen molar-refractivity contribution in [2.45, 2.75) is 65.6 Å². The third-order valence-corrected chi connectivity index (χ3v) is 6.12. The monoisotopic (exact) mass is 495 g/mol. The van der Waals surface area contributed by atoms with Crippen LogP contribution in [0.4, 0.5) is 0 Å². The fourth-order valence-electron chi connectivity index (χ4n) is 3.98. The number of ether oxygens (including phenoxy) is 3. The Bertz CT molecular complexity index is 1030. The smallest absolute Gasteiger partial charge is 0.227 e. The highest BCUT2D eigenvalue weighted by molar-refractivity contribution is 5.44. The number of methoxy groups -OCH3 is 1. The van der Waals surface area contributed by atoms with E-state index in [0.29, 0.717) is 37.9 Å². The van der Waals surface area contributed by atoms with Gasteiger partial charge in [-0.1, -0.05) is 38.5 Å². The third-order valence-electron chi connectivity index (χ3n) is 6.12. The van der Waals surface area contributed by atoms with E-state index >= 15 is 0 Å². The van der Waals surface area contributed by atoms with E-state index in [2.05, 4.69) is 32.6 Å². The number of nitrogens with zero attached hydrogens (tertiary/aromatic N) is 3. The summed E-state index contributed by atoms with van der Waals surface area (Å²) < 4.78 is 19.3. The molecule has 0 unspecified atom stereocenters. The molecule has 3 aromatic rings. The number of hydrogen-bond donors (Lipinski definition) is 1. The van der Waals surface area contributed by atoms with Crippen molar-refractivity contribution < 1.29 is 19.3 Å². The largest absolute Gasteiger partial charge is 0.497 e. The van der Waals surface area contributed by atoms with Gasteiger partial charge in [-0.2, -0.15) is 5.10 Å². The minimum atomic E-state index is -0.565. The number of aliphatic hydroxyl groups excluding tert-OH is 1. The number of rotatable bonds is 15. The van der Waals surface area contributed by atoms with Crippen LogP contribution in [0.2, 0.25) is 0 Å². The molecular weight excluding hydrogens is 454 g/mol. The zero-order valence-electron chi connectivity index (χ0n) is 22.3. The van der Waals surface area contributed by atoms with Crippen molar-refractivity contribution in [1.82, 2.24) is 14.7 Å². The van der Waals surface area contributed by atoms with Crippen molar-refractivity contribution in [3.05, 3.63) is 65.9 Å². The Labute approximate surface area is 215 Å².